The predicted molar refractivity (Wildman–Crippen MR) is 107 cm³/mol. The van der Waals surface area contributed by atoms with Crippen molar-refractivity contribution in [2.45, 2.75) is 6.54 Å². The van der Waals surface area contributed by atoms with E-state index in [-0.39, 0.29) is 17.7 Å². The Labute approximate surface area is 167 Å². The summed E-state index contributed by atoms with van der Waals surface area (Å²) in [5.74, 6) is -0.311. The van der Waals surface area contributed by atoms with E-state index in [4.69, 9.17) is 23.2 Å². The van der Waals surface area contributed by atoms with Gasteiger partial charge in [-0.3, -0.25) is 14.5 Å². The largest absolute Gasteiger partial charge is 0.293 e. The van der Waals surface area contributed by atoms with E-state index in [0.717, 1.165) is 20.9 Å². The van der Waals surface area contributed by atoms with Gasteiger partial charge in [-0.25, -0.2) is 0 Å². The smallest absolute Gasteiger partial charge is 0.268 e. The monoisotopic (exact) mass is 489 g/mol. The number of rotatable bonds is 3. The first kappa shape index (κ1) is 17.8. The molecule has 0 saturated carbocycles. The van der Waals surface area contributed by atoms with Gasteiger partial charge < -0.3 is 0 Å². The molecule has 0 N–H and O–H groups in total. The van der Waals surface area contributed by atoms with Gasteiger partial charge in [0.1, 0.15) is 0 Å². The van der Waals surface area contributed by atoms with Crippen molar-refractivity contribution >= 4 is 74.8 Å². The third-order valence-electron chi connectivity index (χ3n) is 3.38. The van der Waals surface area contributed by atoms with Gasteiger partial charge in [0.05, 0.1) is 11.4 Å². The van der Waals surface area contributed by atoms with E-state index in [1.54, 1.807) is 24.3 Å². The number of imide groups is 1. The van der Waals surface area contributed by atoms with Gasteiger partial charge in [0.25, 0.3) is 11.1 Å². The van der Waals surface area contributed by atoms with Crippen molar-refractivity contribution in [2.75, 3.05) is 0 Å². The molecule has 3 nitrogen and oxygen atoms in total. The molecule has 0 bridgehead atoms. The number of carbonyl (C=O) groups excluding carboxylic acids is 2. The molecule has 0 atom stereocenters. The third kappa shape index (κ3) is 3.96. The Morgan fingerprint density at radius 1 is 1.08 bits per heavy atom. The summed E-state index contributed by atoms with van der Waals surface area (Å²) in [4.78, 5) is 26.3. The first-order valence-corrected chi connectivity index (χ1v) is 9.54. The molecule has 2 aromatic carbocycles. The van der Waals surface area contributed by atoms with Crippen LogP contribution in [0.4, 0.5) is 4.79 Å². The van der Waals surface area contributed by atoms with Crippen molar-refractivity contribution < 1.29 is 9.59 Å². The third-order valence-corrected chi connectivity index (χ3v) is 5.57. The molecule has 0 spiro atoms. The summed E-state index contributed by atoms with van der Waals surface area (Å²) in [7, 11) is 0. The van der Waals surface area contributed by atoms with Gasteiger partial charge in [-0.1, -0.05) is 41.4 Å². The summed E-state index contributed by atoms with van der Waals surface area (Å²) in [6.45, 7) is 0.257. The minimum absolute atomic E-state index is 0.257. The van der Waals surface area contributed by atoms with E-state index in [9.17, 15) is 9.59 Å². The lowest BCUT2D eigenvalue weighted by Gasteiger charge is -2.12. The van der Waals surface area contributed by atoms with Gasteiger partial charge >= 0.3 is 0 Å². The van der Waals surface area contributed by atoms with Crippen LogP contribution in [0.25, 0.3) is 6.08 Å². The highest BCUT2D eigenvalue weighted by atomic mass is 127. The van der Waals surface area contributed by atoms with Gasteiger partial charge in [0.15, 0.2) is 0 Å². The van der Waals surface area contributed by atoms with Crippen molar-refractivity contribution in [2.24, 2.45) is 0 Å². The molecule has 2 amide bonds. The van der Waals surface area contributed by atoms with E-state index < -0.39 is 0 Å². The van der Waals surface area contributed by atoms with Crippen LogP contribution in [0.2, 0.25) is 10.0 Å². The van der Waals surface area contributed by atoms with Gasteiger partial charge in [-0.2, -0.15) is 0 Å². The quantitative estimate of drug-likeness (QED) is 0.401. The Kier molecular flexibility index (Phi) is 5.54. The highest BCUT2D eigenvalue weighted by Crippen LogP contribution is 2.34. The molecule has 1 saturated heterocycles. The van der Waals surface area contributed by atoms with E-state index >= 15 is 0 Å². The average molecular weight is 490 g/mol. The number of carbonyl (C=O) groups is 2. The maximum Gasteiger partial charge on any atom is 0.293 e. The number of amides is 2. The van der Waals surface area contributed by atoms with Crippen LogP contribution in [0.3, 0.4) is 0 Å². The molecule has 0 radical (unpaired) electrons. The predicted octanol–water partition coefficient (Wildman–Crippen LogP) is 5.83. The fourth-order valence-electron chi connectivity index (χ4n) is 2.17. The van der Waals surface area contributed by atoms with Gasteiger partial charge in [-0.05, 0) is 75.8 Å². The first-order chi connectivity index (χ1) is 11.4. The summed E-state index contributed by atoms with van der Waals surface area (Å²) in [6.07, 6.45) is 1.62. The molecular formula is C17H10Cl2INO2S. The van der Waals surface area contributed by atoms with Crippen molar-refractivity contribution in [3.63, 3.8) is 0 Å². The lowest BCUT2D eigenvalue weighted by molar-refractivity contribution is -0.123. The SMILES string of the molecule is O=C1S/C(=C\c2ccc(Cl)cc2Cl)C(=O)N1Cc1ccc(I)cc1. The van der Waals surface area contributed by atoms with Crippen LogP contribution in [-0.4, -0.2) is 16.0 Å². The highest BCUT2D eigenvalue weighted by molar-refractivity contribution is 14.1. The van der Waals surface area contributed by atoms with Crippen LogP contribution < -0.4 is 0 Å². The van der Waals surface area contributed by atoms with Crippen LogP contribution in [0.15, 0.2) is 47.4 Å². The zero-order chi connectivity index (χ0) is 17.3. The normalized spacial score (nSPS) is 16.3. The molecule has 3 rings (SSSR count). The molecule has 0 unspecified atom stereocenters. The van der Waals surface area contributed by atoms with E-state index in [2.05, 4.69) is 22.6 Å². The zero-order valence-corrected chi connectivity index (χ0v) is 16.6. The summed E-state index contributed by atoms with van der Waals surface area (Å²) in [5.41, 5.74) is 1.56. The van der Waals surface area contributed by atoms with Crippen molar-refractivity contribution in [1.82, 2.24) is 4.90 Å². The minimum atomic E-state index is -0.311. The Morgan fingerprint density at radius 3 is 2.46 bits per heavy atom. The van der Waals surface area contributed by atoms with Crippen LogP contribution >= 0.6 is 57.6 Å². The molecule has 24 heavy (non-hydrogen) atoms. The van der Waals surface area contributed by atoms with Crippen molar-refractivity contribution in [1.29, 1.82) is 0 Å². The Morgan fingerprint density at radius 2 is 1.79 bits per heavy atom. The zero-order valence-electron chi connectivity index (χ0n) is 12.1. The van der Waals surface area contributed by atoms with Crippen LogP contribution in [0.5, 0.6) is 0 Å². The molecule has 0 aliphatic carbocycles. The second-order valence-corrected chi connectivity index (χ2v) is 8.14. The second-order valence-electron chi connectivity index (χ2n) is 5.06. The molecular weight excluding hydrogens is 480 g/mol. The first-order valence-electron chi connectivity index (χ1n) is 6.89. The number of halogens is 3. The van der Waals surface area contributed by atoms with Crippen LogP contribution in [0, 0.1) is 3.57 Å². The average Bonchev–Trinajstić information content (AvgIpc) is 2.80. The van der Waals surface area contributed by atoms with E-state index in [1.807, 2.05) is 24.3 Å². The Balaban J connectivity index is 1.83. The van der Waals surface area contributed by atoms with Crippen molar-refractivity contribution in [3.05, 3.63) is 72.1 Å². The molecule has 2 aromatic rings. The second kappa shape index (κ2) is 7.47. The highest BCUT2D eigenvalue weighted by Gasteiger charge is 2.35. The topological polar surface area (TPSA) is 37.4 Å². The lowest BCUT2D eigenvalue weighted by Crippen LogP contribution is -2.27. The lowest BCUT2D eigenvalue weighted by atomic mass is 10.2. The van der Waals surface area contributed by atoms with Crippen molar-refractivity contribution in [3.8, 4) is 0 Å². The molecule has 0 aromatic heterocycles. The van der Waals surface area contributed by atoms with Crippen LogP contribution in [-0.2, 0) is 11.3 Å². The standard InChI is InChI=1S/C17H10Cl2INO2S/c18-12-4-3-11(14(19)8-12)7-15-16(22)21(17(23)24-15)9-10-1-5-13(20)6-2-10/h1-8H,9H2/b15-7-. The molecule has 1 aliphatic rings. The fraction of sp³-hybridized carbons (Fsp3) is 0.0588. The number of nitrogens with zero attached hydrogens (tertiary/aromatic N) is 1. The molecule has 1 heterocycles. The summed E-state index contributed by atoms with van der Waals surface area (Å²) >= 11 is 15.1. The summed E-state index contributed by atoms with van der Waals surface area (Å²) < 4.78 is 1.10. The molecule has 1 aliphatic heterocycles. The number of thioether (sulfide) groups is 1. The number of benzene rings is 2. The summed E-state index contributed by atoms with van der Waals surface area (Å²) in [6, 6.07) is 12.7. The maximum absolute atomic E-state index is 12.5. The molecule has 7 heteroatoms. The van der Waals surface area contributed by atoms with Gasteiger partial charge in [-0.15, -0.1) is 0 Å². The van der Waals surface area contributed by atoms with Crippen LogP contribution in [0.1, 0.15) is 11.1 Å². The molecule has 1 fully saturated rings. The maximum atomic E-state index is 12.5. The van der Waals surface area contributed by atoms with Gasteiger partial charge in [0, 0.05) is 13.6 Å². The number of hydrogen-bond donors (Lipinski definition) is 0. The van der Waals surface area contributed by atoms with E-state index in [1.165, 1.54) is 4.90 Å². The Hall–Kier alpha value is -1.02. The summed E-state index contributed by atoms with van der Waals surface area (Å²) in [5, 5.41) is 0.672. The fourth-order valence-corrected chi connectivity index (χ4v) is 3.82. The Bertz CT molecular complexity index is 852. The minimum Gasteiger partial charge on any atom is -0.268 e. The number of hydrogen-bond acceptors (Lipinski definition) is 3. The molecule has 122 valence electrons. The van der Waals surface area contributed by atoms with Gasteiger partial charge in [0.2, 0.25) is 0 Å². The van der Waals surface area contributed by atoms with E-state index in [0.29, 0.717) is 20.5 Å².